The average molecular weight is 567 g/mol. The molecule has 6 rings (SSSR count). The molecule has 7 nitrogen and oxygen atoms in total. The zero-order valence-corrected chi connectivity index (χ0v) is 26.6. The fourth-order valence-electron chi connectivity index (χ4n) is 7.00. The molecule has 0 amide bonds. The van der Waals surface area contributed by atoms with E-state index in [1.54, 1.807) is 0 Å². The molecule has 6 aliphatic rings. The first-order valence-electron chi connectivity index (χ1n) is 17.1. The highest BCUT2D eigenvalue weighted by molar-refractivity contribution is 4.84. The van der Waals surface area contributed by atoms with Gasteiger partial charge in [0.05, 0.1) is 13.2 Å². The third-order valence-corrected chi connectivity index (χ3v) is 9.50. The van der Waals surface area contributed by atoms with Crippen LogP contribution < -0.4 is 21.7 Å². The maximum atomic E-state index is 5.73. The van der Waals surface area contributed by atoms with Crippen molar-refractivity contribution in [2.24, 2.45) is 23.5 Å². The lowest BCUT2D eigenvalue weighted by molar-refractivity contribution is 0.183. The second-order valence-electron chi connectivity index (χ2n) is 14.0. The standard InChI is InChI=1S/C11H21NO.C10H20N2O.C7H15N.C5H10O/c1-9-3-2-4-10(7-9)12-11-5-6-13-8-11;1-8-6-9(2-4-11-8)12-10-3-5-13-7-10;1-6-3-2-4-7(8)5-6;1-5-2-3-6-4-5/h9-12H,2-8H2,1H3;8-12H,2-7H2,1H3;6-7H,2-5,8H2,1H3;5H,2-4H2,1H3/t9-,10+,11-;8-,9-,10+;6-,7+;5-/m0101/s1. The number of rotatable bonds is 4. The summed E-state index contributed by atoms with van der Waals surface area (Å²) in [6.45, 7) is 16.0. The summed E-state index contributed by atoms with van der Waals surface area (Å²) >= 11 is 0. The average Bonchev–Trinajstić information content (AvgIpc) is 3.71. The van der Waals surface area contributed by atoms with E-state index in [4.69, 9.17) is 19.9 Å². The second kappa shape index (κ2) is 19.8. The van der Waals surface area contributed by atoms with Gasteiger partial charge in [0.1, 0.15) is 0 Å². The minimum Gasteiger partial charge on any atom is -0.381 e. The van der Waals surface area contributed by atoms with Gasteiger partial charge < -0.3 is 35.9 Å². The maximum Gasteiger partial charge on any atom is 0.0620 e. The summed E-state index contributed by atoms with van der Waals surface area (Å²) in [5.74, 6) is 2.64. The lowest BCUT2D eigenvalue weighted by atomic mass is 9.87. The van der Waals surface area contributed by atoms with Gasteiger partial charge >= 0.3 is 0 Å². The fraction of sp³-hybridized carbons (Fsp3) is 1.00. The van der Waals surface area contributed by atoms with E-state index in [0.717, 1.165) is 70.0 Å². The van der Waals surface area contributed by atoms with Gasteiger partial charge in [-0.25, -0.2) is 0 Å². The van der Waals surface area contributed by atoms with Crippen molar-refractivity contribution >= 4 is 0 Å². The van der Waals surface area contributed by atoms with Crippen LogP contribution in [0.2, 0.25) is 0 Å². The monoisotopic (exact) mass is 567 g/mol. The number of nitrogens with two attached hydrogens (primary N) is 1. The van der Waals surface area contributed by atoms with Crippen molar-refractivity contribution < 1.29 is 14.2 Å². The molecular formula is C33H66N4O3. The van der Waals surface area contributed by atoms with Gasteiger partial charge in [-0.2, -0.15) is 0 Å². The molecule has 0 unspecified atom stereocenters. The SMILES string of the molecule is C[C@@H]1CCOC1.C[C@@H]1C[C@H](N[C@H]2CCOC2)CCN1.C[C@H]1CCC[C@@H](N)C1.C[C@H]1CCC[C@@H](N[C@H]2CCOC2)C1. The van der Waals surface area contributed by atoms with E-state index in [1.165, 1.54) is 83.5 Å². The normalized spacial score (nSPS) is 39.7. The predicted molar refractivity (Wildman–Crippen MR) is 167 cm³/mol. The van der Waals surface area contributed by atoms with E-state index >= 15 is 0 Å². The Morgan fingerprint density at radius 3 is 1.55 bits per heavy atom. The molecular weight excluding hydrogens is 500 g/mol. The Balaban J connectivity index is 0.000000154. The van der Waals surface area contributed by atoms with Crippen LogP contribution in [-0.2, 0) is 14.2 Å². The summed E-state index contributed by atoms with van der Waals surface area (Å²) in [6, 6.07) is 3.94. The summed E-state index contributed by atoms with van der Waals surface area (Å²) < 4.78 is 15.8. The Morgan fingerprint density at radius 2 is 1.12 bits per heavy atom. The van der Waals surface area contributed by atoms with Crippen LogP contribution in [0.1, 0.15) is 111 Å². The van der Waals surface area contributed by atoms with Crippen molar-refractivity contribution in [2.75, 3.05) is 46.2 Å². The molecule has 236 valence electrons. The van der Waals surface area contributed by atoms with Gasteiger partial charge in [-0.1, -0.05) is 46.5 Å². The highest BCUT2D eigenvalue weighted by Gasteiger charge is 2.24. The molecule has 2 aliphatic carbocycles. The Labute approximate surface area is 247 Å². The molecule has 0 aromatic heterocycles. The van der Waals surface area contributed by atoms with Crippen molar-refractivity contribution in [3.63, 3.8) is 0 Å². The van der Waals surface area contributed by atoms with Crippen LogP contribution in [0.25, 0.3) is 0 Å². The second-order valence-corrected chi connectivity index (χ2v) is 14.0. The summed E-state index contributed by atoms with van der Waals surface area (Å²) in [5.41, 5.74) is 5.73. The van der Waals surface area contributed by atoms with Gasteiger partial charge in [0, 0.05) is 62.7 Å². The quantitative estimate of drug-likeness (QED) is 0.380. The Bertz CT molecular complexity index is 579. The molecule has 0 aromatic rings. The van der Waals surface area contributed by atoms with Crippen molar-refractivity contribution in [3.05, 3.63) is 0 Å². The Kier molecular flexibility index (Phi) is 17.0. The fourth-order valence-corrected chi connectivity index (χ4v) is 7.00. The molecule has 40 heavy (non-hydrogen) atoms. The smallest absolute Gasteiger partial charge is 0.0620 e. The third-order valence-electron chi connectivity index (χ3n) is 9.50. The number of hydrogen-bond acceptors (Lipinski definition) is 7. The minimum atomic E-state index is 0.513. The lowest BCUT2D eigenvalue weighted by Gasteiger charge is -2.30. The van der Waals surface area contributed by atoms with E-state index in [0.29, 0.717) is 30.2 Å². The summed E-state index contributed by atoms with van der Waals surface area (Å²) in [6.07, 6.45) is 17.0. The summed E-state index contributed by atoms with van der Waals surface area (Å²) in [5, 5.41) is 10.9. The van der Waals surface area contributed by atoms with Gasteiger partial charge in [-0.15, -0.1) is 0 Å². The molecule has 4 saturated heterocycles. The first-order valence-corrected chi connectivity index (χ1v) is 17.1. The maximum absolute atomic E-state index is 5.73. The first-order chi connectivity index (χ1) is 19.4. The molecule has 4 aliphatic heterocycles. The summed E-state index contributed by atoms with van der Waals surface area (Å²) in [4.78, 5) is 0. The van der Waals surface area contributed by atoms with E-state index < -0.39 is 0 Å². The van der Waals surface area contributed by atoms with Crippen LogP contribution in [-0.4, -0.2) is 82.4 Å². The van der Waals surface area contributed by atoms with E-state index in [9.17, 15) is 0 Å². The third kappa shape index (κ3) is 14.8. The zero-order valence-electron chi connectivity index (χ0n) is 26.6. The Hall–Kier alpha value is -0.280. The molecule has 6 fully saturated rings. The highest BCUT2D eigenvalue weighted by atomic mass is 16.5. The molecule has 9 atom stereocenters. The van der Waals surface area contributed by atoms with Crippen LogP contribution in [0.15, 0.2) is 0 Å². The first kappa shape index (κ1) is 34.2. The number of ether oxygens (including phenoxy) is 3. The van der Waals surface area contributed by atoms with Gasteiger partial charge in [-0.05, 0) is 89.0 Å². The van der Waals surface area contributed by atoms with Crippen LogP contribution in [0, 0.1) is 17.8 Å². The van der Waals surface area contributed by atoms with Crippen molar-refractivity contribution in [2.45, 2.75) is 147 Å². The van der Waals surface area contributed by atoms with E-state index in [1.807, 2.05) is 0 Å². The van der Waals surface area contributed by atoms with Crippen LogP contribution >= 0.6 is 0 Å². The van der Waals surface area contributed by atoms with Crippen molar-refractivity contribution in [1.82, 2.24) is 16.0 Å². The van der Waals surface area contributed by atoms with Gasteiger partial charge in [0.2, 0.25) is 0 Å². The molecule has 4 heterocycles. The van der Waals surface area contributed by atoms with Gasteiger partial charge in [0.15, 0.2) is 0 Å². The molecule has 2 saturated carbocycles. The van der Waals surface area contributed by atoms with Crippen molar-refractivity contribution in [1.29, 1.82) is 0 Å². The van der Waals surface area contributed by atoms with Crippen molar-refractivity contribution in [3.8, 4) is 0 Å². The number of piperidine rings is 1. The number of hydrogen-bond donors (Lipinski definition) is 4. The molecule has 0 bridgehead atoms. The molecule has 0 spiro atoms. The van der Waals surface area contributed by atoms with Gasteiger partial charge in [-0.3, -0.25) is 0 Å². The lowest BCUT2D eigenvalue weighted by Crippen LogP contribution is -2.48. The molecule has 7 heteroatoms. The van der Waals surface area contributed by atoms with Gasteiger partial charge in [0.25, 0.3) is 0 Å². The predicted octanol–water partition coefficient (Wildman–Crippen LogP) is 5.02. The zero-order chi connectivity index (χ0) is 28.6. The molecule has 5 N–H and O–H groups in total. The minimum absolute atomic E-state index is 0.513. The topological polar surface area (TPSA) is 89.8 Å². The van der Waals surface area contributed by atoms with Crippen LogP contribution in [0.3, 0.4) is 0 Å². The van der Waals surface area contributed by atoms with Crippen LogP contribution in [0.5, 0.6) is 0 Å². The Morgan fingerprint density at radius 1 is 0.550 bits per heavy atom. The molecule has 0 radical (unpaired) electrons. The summed E-state index contributed by atoms with van der Waals surface area (Å²) in [7, 11) is 0. The van der Waals surface area contributed by atoms with E-state index in [2.05, 4.69) is 43.6 Å². The highest BCUT2D eigenvalue weighted by Crippen LogP contribution is 2.24. The molecule has 0 aromatic carbocycles. The number of nitrogens with one attached hydrogen (secondary N) is 3. The largest absolute Gasteiger partial charge is 0.381 e. The van der Waals surface area contributed by atoms with Crippen LogP contribution in [0.4, 0.5) is 0 Å². The van der Waals surface area contributed by atoms with E-state index in [-0.39, 0.29) is 0 Å².